The van der Waals surface area contributed by atoms with Gasteiger partial charge in [0.25, 0.3) is 5.56 Å². The SMILES string of the molecule is CC(=O)Nc1ccc(-n2sccc2=O)cc1. The van der Waals surface area contributed by atoms with Crippen molar-refractivity contribution in [3.63, 3.8) is 0 Å². The number of hydrogen-bond donors (Lipinski definition) is 1. The molecular weight excluding hydrogens is 224 g/mol. The van der Waals surface area contributed by atoms with E-state index in [1.807, 2.05) is 0 Å². The number of nitrogens with one attached hydrogen (secondary N) is 1. The quantitative estimate of drug-likeness (QED) is 0.862. The molecule has 0 unspecified atom stereocenters. The van der Waals surface area contributed by atoms with Gasteiger partial charge in [-0.1, -0.05) is 11.5 Å². The molecule has 5 heteroatoms. The van der Waals surface area contributed by atoms with E-state index in [9.17, 15) is 9.59 Å². The number of carbonyl (C=O) groups excluding carboxylic acids is 1. The Balaban J connectivity index is 2.30. The standard InChI is InChI=1S/C11H10N2O2S/c1-8(14)12-9-2-4-10(5-3-9)13-11(15)6-7-16-13/h2-7H,1H3,(H,12,14). The van der Waals surface area contributed by atoms with Crippen LogP contribution in [-0.2, 0) is 4.79 Å². The van der Waals surface area contributed by atoms with Crippen molar-refractivity contribution in [2.45, 2.75) is 6.92 Å². The molecule has 4 nitrogen and oxygen atoms in total. The molecule has 0 atom stereocenters. The fraction of sp³-hybridized carbons (Fsp3) is 0.0909. The minimum Gasteiger partial charge on any atom is -0.326 e. The number of anilines is 1. The van der Waals surface area contributed by atoms with Crippen LogP contribution < -0.4 is 10.9 Å². The van der Waals surface area contributed by atoms with Gasteiger partial charge in [0.05, 0.1) is 5.69 Å². The Morgan fingerprint density at radius 1 is 1.25 bits per heavy atom. The van der Waals surface area contributed by atoms with Gasteiger partial charge in [-0.15, -0.1) is 0 Å². The number of amides is 1. The van der Waals surface area contributed by atoms with Crippen LogP contribution in [0.2, 0.25) is 0 Å². The van der Waals surface area contributed by atoms with Gasteiger partial charge >= 0.3 is 0 Å². The van der Waals surface area contributed by atoms with E-state index in [2.05, 4.69) is 5.32 Å². The Morgan fingerprint density at radius 3 is 2.44 bits per heavy atom. The molecule has 1 aromatic heterocycles. The zero-order valence-corrected chi connectivity index (χ0v) is 9.45. The van der Waals surface area contributed by atoms with Gasteiger partial charge in [0, 0.05) is 24.1 Å². The first-order valence-corrected chi connectivity index (χ1v) is 5.55. The van der Waals surface area contributed by atoms with Gasteiger partial charge in [0.15, 0.2) is 0 Å². The van der Waals surface area contributed by atoms with Gasteiger partial charge in [0.1, 0.15) is 0 Å². The lowest BCUT2D eigenvalue weighted by molar-refractivity contribution is -0.114. The lowest BCUT2D eigenvalue weighted by atomic mass is 10.3. The number of nitrogens with zero attached hydrogens (tertiary/aromatic N) is 1. The van der Waals surface area contributed by atoms with Crippen molar-refractivity contribution in [3.05, 3.63) is 46.1 Å². The number of hydrogen-bond acceptors (Lipinski definition) is 3. The van der Waals surface area contributed by atoms with Crippen LogP contribution in [0.4, 0.5) is 5.69 Å². The summed E-state index contributed by atoms with van der Waals surface area (Å²) in [5.74, 6) is -0.110. The maximum absolute atomic E-state index is 11.4. The normalized spacial score (nSPS) is 10.1. The first-order chi connectivity index (χ1) is 7.66. The number of benzene rings is 1. The highest BCUT2D eigenvalue weighted by molar-refractivity contribution is 7.04. The van der Waals surface area contributed by atoms with Crippen LogP contribution in [0.5, 0.6) is 0 Å². The summed E-state index contributed by atoms with van der Waals surface area (Å²) in [6, 6.07) is 8.64. The minimum atomic E-state index is -0.110. The Labute approximate surface area is 96.3 Å². The van der Waals surface area contributed by atoms with Crippen molar-refractivity contribution in [3.8, 4) is 5.69 Å². The predicted octanol–water partition coefficient (Wildman–Crippen LogP) is 1.86. The molecule has 0 aliphatic heterocycles. The smallest absolute Gasteiger partial charge is 0.265 e. The number of rotatable bonds is 2. The van der Waals surface area contributed by atoms with Crippen molar-refractivity contribution >= 4 is 23.1 Å². The summed E-state index contributed by atoms with van der Waals surface area (Å²) in [6.07, 6.45) is 0. The van der Waals surface area contributed by atoms with Crippen LogP contribution in [0.3, 0.4) is 0 Å². The summed E-state index contributed by atoms with van der Waals surface area (Å²) >= 11 is 1.34. The van der Waals surface area contributed by atoms with Gasteiger partial charge in [0.2, 0.25) is 5.91 Å². The lowest BCUT2D eigenvalue weighted by Crippen LogP contribution is -2.10. The molecule has 0 spiro atoms. The molecule has 1 aromatic carbocycles. The average molecular weight is 234 g/mol. The second-order valence-electron chi connectivity index (χ2n) is 3.27. The summed E-state index contributed by atoms with van der Waals surface area (Å²) in [5, 5.41) is 4.41. The summed E-state index contributed by atoms with van der Waals surface area (Å²) < 4.78 is 1.58. The van der Waals surface area contributed by atoms with Gasteiger partial charge in [-0.25, -0.2) is 3.96 Å². The second-order valence-corrected chi connectivity index (χ2v) is 4.12. The first-order valence-electron chi connectivity index (χ1n) is 4.72. The molecule has 0 bridgehead atoms. The second kappa shape index (κ2) is 4.32. The highest BCUT2D eigenvalue weighted by atomic mass is 32.1. The van der Waals surface area contributed by atoms with Crippen LogP contribution in [0.25, 0.3) is 5.69 Å². The number of aromatic nitrogens is 1. The summed E-state index contributed by atoms with van der Waals surface area (Å²) in [6.45, 7) is 1.46. The van der Waals surface area contributed by atoms with Crippen molar-refractivity contribution in [2.75, 3.05) is 5.32 Å². The maximum Gasteiger partial charge on any atom is 0.265 e. The Bertz CT molecular complexity index is 554. The van der Waals surface area contributed by atoms with E-state index in [-0.39, 0.29) is 11.5 Å². The first kappa shape index (κ1) is 10.6. The van der Waals surface area contributed by atoms with Crippen LogP contribution in [-0.4, -0.2) is 9.86 Å². The van der Waals surface area contributed by atoms with E-state index < -0.39 is 0 Å². The predicted molar refractivity (Wildman–Crippen MR) is 64.2 cm³/mol. The summed E-state index contributed by atoms with van der Waals surface area (Å²) in [5.41, 5.74) is 1.48. The zero-order valence-electron chi connectivity index (χ0n) is 8.64. The van der Waals surface area contributed by atoms with Crippen LogP contribution >= 0.6 is 11.5 Å². The Kier molecular flexibility index (Phi) is 2.87. The van der Waals surface area contributed by atoms with E-state index in [4.69, 9.17) is 0 Å². The van der Waals surface area contributed by atoms with Crippen molar-refractivity contribution in [2.24, 2.45) is 0 Å². The fourth-order valence-electron chi connectivity index (χ4n) is 1.34. The molecule has 2 rings (SSSR count). The summed E-state index contributed by atoms with van der Waals surface area (Å²) in [7, 11) is 0. The van der Waals surface area contributed by atoms with Gasteiger partial charge in [-0.05, 0) is 24.3 Å². The third-order valence-corrected chi connectivity index (χ3v) is 2.86. The highest BCUT2D eigenvalue weighted by Gasteiger charge is 2.01. The molecule has 0 saturated carbocycles. The highest BCUT2D eigenvalue weighted by Crippen LogP contribution is 2.13. The average Bonchev–Trinajstić information content (AvgIpc) is 2.65. The van der Waals surface area contributed by atoms with Crippen molar-refractivity contribution in [1.82, 2.24) is 3.96 Å². The van der Waals surface area contributed by atoms with E-state index >= 15 is 0 Å². The van der Waals surface area contributed by atoms with Gasteiger partial charge in [-0.2, -0.15) is 0 Å². The number of carbonyl (C=O) groups is 1. The molecule has 0 aliphatic carbocycles. The van der Waals surface area contributed by atoms with E-state index in [0.29, 0.717) is 0 Å². The Morgan fingerprint density at radius 2 is 1.94 bits per heavy atom. The summed E-state index contributed by atoms with van der Waals surface area (Å²) in [4.78, 5) is 22.2. The third kappa shape index (κ3) is 2.20. The maximum atomic E-state index is 11.4. The molecule has 0 aliphatic rings. The monoisotopic (exact) mass is 234 g/mol. The molecule has 82 valence electrons. The van der Waals surface area contributed by atoms with Crippen molar-refractivity contribution < 1.29 is 4.79 Å². The van der Waals surface area contributed by atoms with Crippen LogP contribution in [0.15, 0.2) is 40.5 Å². The van der Waals surface area contributed by atoms with E-state index in [0.717, 1.165) is 11.4 Å². The largest absolute Gasteiger partial charge is 0.326 e. The lowest BCUT2D eigenvalue weighted by Gasteiger charge is -2.03. The van der Waals surface area contributed by atoms with Gasteiger partial charge < -0.3 is 5.32 Å². The molecule has 1 N–H and O–H groups in total. The fourth-order valence-corrected chi connectivity index (χ4v) is 2.05. The molecular formula is C11H10N2O2S. The topological polar surface area (TPSA) is 51.1 Å². The third-order valence-electron chi connectivity index (χ3n) is 2.00. The molecule has 2 aromatic rings. The molecule has 16 heavy (non-hydrogen) atoms. The van der Waals surface area contributed by atoms with Gasteiger partial charge in [-0.3, -0.25) is 9.59 Å². The van der Waals surface area contributed by atoms with E-state index in [1.165, 1.54) is 24.5 Å². The van der Waals surface area contributed by atoms with Crippen LogP contribution in [0.1, 0.15) is 6.92 Å². The molecule has 0 radical (unpaired) electrons. The molecule has 0 saturated heterocycles. The van der Waals surface area contributed by atoms with E-state index in [1.54, 1.807) is 33.6 Å². The molecule has 0 fully saturated rings. The Hall–Kier alpha value is -1.88. The minimum absolute atomic E-state index is 0.0442. The van der Waals surface area contributed by atoms with Crippen LogP contribution in [0, 0.1) is 0 Å². The molecule has 1 heterocycles. The zero-order chi connectivity index (χ0) is 11.5. The van der Waals surface area contributed by atoms with Crippen molar-refractivity contribution in [1.29, 1.82) is 0 Å². The molecule has 1 amide bonds.